The number of amides is 1. The fourth-order valence-corrected chi connectivity index (χ4v) is 2.79. The van der Waals surface area contributed by atoms with Gasteiger partial charge in [-0.2, -0.15) is 0 Å². The number of nitrogens with one attached hydrogen (secondary N) is 1. The summed E-state index contributed by atoms with van der Waals surface area (Å²) in [7, 11) is 1.57. The number of rotatable bonds is 10. The third kappa shape index (κ3) is 7.35. The monoisotopic (exact) mass is 438 g/mol. The molecule has 0 bridgehead atoms. The summed E-state index contributed by atoms with van der Waals surface area (Å²) in [4.78, 5) is 16.9. The summed E-state index contributed by atoms with van der Waals surface area (Å²) >= 11 is 5.90. The highest BCUT2D eigenvalue weighted by molar-refractivity contribution is 6.30. The van der Waals surface area contributed by atoms with Crippen molar-refractivity contribution in [2.24, 2.45) is 5.16 Å². The van der Waals surface area contributed by atoms with Gasteiger partial charge < -0.3 is 19.6 Å². The minimum atomic E-state index is -0.246. The number of hydrogen-bond donors (Lipinski definition) is 1. The first kappa shape index (κ1) is 22.2. The maximum atomic E-state index is 11.8. The zero-order chi connectivity index (χ0) is 21.9. The van der Waals surface area contributed by atoms with E-state index in [4.69, 9.17) is 25.9 Å². The van der Waals surface area contributed by atoms with Gasteiger partial charge in [0.15, 0.2) is 18.1 Å². The quantitative estimate of drug-likeness (QED) is 0.371. The first-order chi connectivity index (χ1) is 15.1. The molecule has 0 aliphatic carbocycles. The molecule has 0 spiro atoms. The van der Waals surface area contributed by atoms with Crippen molar-refractivity contribution >= 4 is 23.7 Å². The van der Waals surface area contributed by atoms with Crippen molar-refractivity contribution in [2.75, 3.05) is 13.7 Å². The second kappa shape index (κ2) is 11.6. The Bertz CT molecular complexity index is 1010. The van der Waals surface area contributed by atoms with Crippen LogP contribution in [0.4, 0.5) is 0 Å². The van der Waals surface area contributed by atoms with E-state index in [0.717, 1.165) is 16.7 Å². The van der Waals surface area contributed by atoms with E-state index in [1.54, 1.807) is 19.2 Å². The van der Waals surface area contributed by atoms with Gasteiger partial charge in [-0.3, -0.25) is 4.79 Å². The van der Waals surface area contributed by atoms with Gasteiger partial charge in [-0.1, -0.05) is 59.2 Å². The number of nitrogens with zero attached hydrogens (tertiary/aromatic N) is 1. The first-order valence-corrected chi connectivity index (χ1v) is 10.0. The van der Waals surface area contributed by atoms with Crippen molar-refractivity contribution in [1.82, 2.24) is 5.32 Å². The van der Waals surface area contributed by atoms with Crippen LogP contribution < -0.4 is 14.8 Å². The summed E-state index contributed by atoms with van der Waals surface area (Å²) in [6.45, 7) is 0.673. The number of carbonyl (C=O) groups is 1. The van der Waals surface area contributed by atoms with Crippen LogP contribution in [0, 0.1) is 0 Å². The van der Waals surface area contributed by atoms with Crippen LogP contribution in [0.3, 0.4) is 0 Å². The third-order valence-electron chi connectivity index (χ3n) is 4.30. The molecule has 0 aromatic heterocycles. The molecule has 31 heavy (non-hydrogen) atoms. The zero-order valence-corrected chi connectivity index (χ0v) is 17.8. The molecule has 0 saturated heterocycles. The molecule has 3 rings (SSSR count). The number of benzene rings is 3. The maximum Gasteiger partial charge on any atom is 0.261 e. The van der Waals surface area contributed by atoms with Gasteiger partial charge in [0, 0.05) is 17.1 Å². The molecule has 1 N–H and O–H groups in total. The van der Waals surface area contributed by atoms with Crippen molar-refractivity contribution in [2.45, 2.75) is 13.2 Å². The predicted octanol–water partition coefficient (Wildman–Crippen LogP) is 4.59. The second-order valence-corrected chi connectivity index (χ2v) is 7.03. The Morgan fingerprint density at radius 1 is 1.00 bits per heavy atom. The number of oxime groups is 1. The SMILES string of the molecule is COc1cc(/C=N/OCC(=O)NCc2ccccc2)ccc1OCc1ccc(Cl)cc1. The van der Waals surface area contributed by atoms with Gasteiger partial charge in [0.05, 0.1) is 13.3 Å². The van der Waals surface area contributed by atoms with Crippen LogP contribution in [-0.2, 0) is 22.8 Å². The van der Waals surface area contributed by atoms with Crippen LogP contribution in [-0.4, -0.2) is 25.8 Å². The molecule has 0 radical (unpaired) electrons. The molecule has 0 unspecified atom stereocenters. The minimum Gasteiger partial charge on any atom is -0.493 e. The van der Waals surface area contributed by atoms with Crippen LogP contribution in [0.5, 0.6) is 11.5 Å². The van der Waals surface area contributed by atoms with Gasteiger partial charge in [-0.25, -0.2) is 0 Å². The minimum absolute atomic E-state index is 0.164. The molecule has 0 heterocycles. The highest BCUT2D eigenvalue weighted by Crippen LogP contribution is 2.28. The van der Waals surface area contributed by atoms with Crippen molar-refractivity contribution in [3.8, 4) is 11.5 Å². The van der Waals surface area contributed by atoms with E-state index < -0.39 is 0 Å². The van der Waals surface area contributed by atoms with Crippen LogP contribution in [0.15, 0.2) is 78.0 Å². The molecule has 0 aliphatic heterocycles. The normalized spacial score (nSPS) is 10.6. The Morgan fingerprint density at radius 3 is 2.52 bits per heavy atom. The molecule has 0 fully saturated rings. The lowest BCUT2D eigenvalue weighted by molar-refractivity contribution is -0.125. The molecule has 3 aromatic rings. The molecule has 3 aromatic carbocycles. The summed E-state index contributed by atoms with van der Waals surface area (Å²) in [6.07, 6.45) is 1.51. The largest absolute Gasteiger partial charge is 0.493 e. The van der Waals surface area contributed by atoms with Crippen LogP contribution in [0.2, 0.25) is 5.02 Å². The smallest absolute Gasteiger partial charge is 0.261 e. The van der Waals surface area contributed by atoms with Crippen molar-refractivity contribution < 1.29 is 19.1 Å². The summed E-state index contributed by atoms with van der Waals surface area (Å²) in [5.41, 5.74) is 2.77. The van der Waals surface area contributed by atoms with Gasteiger partial charge in [-0.15, -0.1) is 0 Å². The Balaban J connectivity index is 1.46. The number of carbonyl (C=O) groups excluding carboxylic acids is 1. The van der Waals surface area contributed by atoms with E-state index in [0.29, 0.717) is 29.7 Å². The van der Waals surface area contributed by atoms with E-state index >= 15 is 0 Å². The molecule has 0 aliphatic rings. The molecule has 0 saturated carbocycles. The highest BCUT2D eigenvalue weighted by Gasteiger charge is 2.06. The maximum absolute atomic E-state index is 11.8. The molecule has 1 amide bonds. The van der Waals surface area contributed by atoms with Gasteiger partial charge in [0.2, 0.25) is 0 Å². The van der Waals surface area contributed by atoms with Gasteiger partial charge >= 0.3 is 0 Å². The Hall–Kier alpha value is -3.51. The van der Waals surface area contributed by atoms with Gasteiger partial charge in [0.25, 0.3) is 5.91 Å². The molecular formula is C24H23ClN2O4. The van der Waals surface area contributed by atoms with Crippen LogP contribution in [0.1, 0.15) is 16.7 Å². The predicted molar refractivity (Wildman–Crippen MR) is 121 cm³/mol. The lowest BCUT2D eigenvalue weighted by atomic mass is 10.2. The Kier molecular flexibility index (Phi) is 8.31. The van der Waals surface area contributed by atoms with Crippen molar-refractivity contribution in [1.29, 1.82) is 0 Å². The lowest BCUT2D eigenvalue weighted by Crippen LogP contribution is -2.26. The molecule has 7 heteroatoms. The van der Waals surface area contributed by atoms with E-state index in [-0.39, 0.29) is 12.5 Å². The van der Waals surface area contributed by atoms with E-state index in [1.807, 2.05) is 60.7 Å². The lowest BCUT2D eigenvalue weighted by Gasteiger charge is -2.11. The zero-order valence-electron chi connectivity index (χ0n) is 17.1. The van der Waals surface area contributed by atoms with E-state index in [2.05, 4.69) is 10.5 Å². The van der Waals surface area contributed by atoms with Crippen LogP contribution >= 0.6 is 11.6 Å². The molecule has 6 nitrogen and oxygen atoms in total. The van der Waals surface area contributed by atoms with Gasteiger partial charge in [0.1, 0.15) is 6.61 Å². The van der Waals surface area contributed by atoms with Crippen molar-refractivity contribution in [3.63, 3.8) is 0 Å². The highest BCUT2D eigenvalue weighted by atomic mass is 35.5. The molecular weight excluding hydrogens is 416 g/mol. The topological polar surface area (TPSA) is 69.2 Å². The fourth-order valence-electron chi connectivity index (χ4n) is 2.67. The van der Waals surface area contributed by atoms with Crippen LogP contribution in [0.25, 0.3) is 0 Å². The molecule has 0 atom stereocenters. The Labute approximate surface area is 186 Å². The first-order valence-electron chi connectivity index (χ1n) is 9.65. The average molecular weight is 439 g/mol. The van der Waals surface area contributed by atoms with E-state index in [9.17, 15) is 4.79 Å². The summed E-state index contributed by atoms with van der Waals surface area (Å²) < 4.78 is 11.2. The number of ether oxygens (including phenoxy) is 2. The fraction of sp³-hybridized carbons (Fsp3) is 0.167. The van der Waals surface area contributed by atoms with Crippen molar-refractivity contribution in [3.05, 3.63) is 94.5 Å². The molecule has 160 valence electrons. The van der Waals surface area contributed by atoms with Gasteiger partial charge in [-0.05, 0) is 41.5 Å². The summed E-state index contributed by atoms with van der Waals surface area (Å²) in [6, 6.07) is 22.5. The Morgan fingerprint density at radius 2 is 1.77 bits per heavy atom. The average Bonchev–Trinajstić information content (AvgIpc) is 2.81. The standard InChI is InChI=1S/C24H23ClN2O4/c1-29-23-13-20(9-12-22(23)30-16-19-7-10-21(25)11-8-19)15-27-31-17-24(28)26-14-18-5-3-2-4-6-18/h2-13,15H,14,16-17H2,1H3,(H,26,28)/b27-15+. The summed E-state index contributed by atoms with van der Waals surface area (Å²) in [5, 5.41) is 7.30. The summed E-state index contributed by atoms with van der Waals surface area (Å²) in [5.74, 6) is 0.929. The third-order valence-corrected chi connectivity index (χ3v) is 4.55. The van der Waals surface area contributed by atoms with E-state index in [1.165, 1.54) is 6.21 Å². The second-order valence-electron chi connectivity index (χ2n) is 6.60. The number of hydrogen-bond acceptors (Lipinski definition) is 5. The number of methoxy groups -OCH3 is 1. The number of halogens is 1.